The molecular formula is C15H17NO7. The number of carbonyl (C=O) groups excluding carboxylic acids is 3. The summed E-state index contributed by atoms with van der Waals surface area (Å²) in [7, 11) is 1.50. The largest absolute Gasteiger partial charge is 0.496 e. The molecule has 0 bridgehead atoms. The molecule has 1 aliphatic rings. The van der Waals surface area contributed by atoms with Crippen LogP contribution in [0.15, 0.2) is 18.2 Å². The van der Waals surface area contributed by atoms with Crippen molar-refractivity contribution in [3.8, 4) is 11.5 Å². The summed E-state index contributed by atoms with van der Waals surface area (Å²) >= 11 is 0. The van der Waals surface area contributed by atoms with E-state index >= 15 is 0 Å². The molecule has 1 saturated heterocycles. The first kappa shape index (κ1) is 16.9. The van der Waals surface area contributed by atoms with Crippen molar-refractivity contribution >= 4 is 18.4 Å². The third kappa shape index (κ3) is 4.76. The van der Waals surface area contributed by atoms with E-state index in [1.54, 1.807) is 12.1 Å². The summed E-state index contributed by atoms with van der Waals surface area (Å²) in [4.78, 5) is 34.7. The van der Waals surface area contributed by atoms with Gasteiger partial charge in [0.05, 0.1) is 20.3 Å². The Bertz CT molecular complexity index is 581. The fourth-order valence-corrected chi connectivity index (χ4v) is 2.16. The summed E-state index contributed by atoms with van der Waals surface area (Å²) in [6, 6.07) is 4.80. The molecule has 124 valence electrons. The first-order valence-corrected chi connectivity index (χ1v) is 6.97. The van der Waals surface area contributed by atoms with Crippen molar-refractivity contribution in [2.45, 2.75) is 6.54 Å². The Hall–Kier alpha value is -2.45. The molecule has 0 spiro atoms. The lowest BCUT2D eigenvalue weighted by Crippen LogP contribution is -2.35. The lowest BCUT2D eigenvalue weighted by Gasteiger charge is -2.27. The lowest BCUT2D eigenvalue weighted by molar-refractivity contribution is -0.164. The van der Waals surface area contributed by atoms with Gasteiger partial charge in [0.25, 0.3) is 0 Å². The van der Waals surface area contributed by atoms with Gasteiger partial charge in [0.1, 0.15) is 11.5 Å². The number of rotatable bonds is 5. The van der Waals surface area contributed by atoms with Gasteiger partial charge in [0, 0.05) is 31.3 Å². The fourth-order valence-electron chi connectivity index (χ4n) is 2.16. The predicted molar refractivity (Wildman–Crippen MR) is 76.9 cm³/mol. The molecule has 0 radical (unpaired) electrons. The number of esters is 2. The van der Waals surface area contributed by atoms with E-state index in [0.717, 1.165) is 18.7 Å². The Morgan fingerprint density at radius 2 is 2.00 bits per heavy atom. The maximum Gasteiger partial charge on any atom is 0.425 e. The number of carbonyl (C=O) groups is 3. The van der Waals surface area contributed by atoms with Gasteiger partial charge in [0.2, 0.25) is 0 Å². The van der Waals surface area contributed by atoms with Gasteiger partial charge in [-0.05, 0) is 6.07 Å². The minimum absolute atomic E-state index is 0.125. The van der Waals surface area contributed by atoms with Crippen molar-refractivity contribution in [2.24, 2.45) is 0 Å². The van der Waals surface area contributed by atoms with Gasteiger partial charge in [-0.1, -0.05) is 6.07 Å². The Kier molecular flexibility index (Phi) is 6.07. The molecule has 0 N–H and O–H groups in total. The zero-order valence-corrected chi connectivity index (χ0v) is 12.6. The van der Waals surface area contributed by atoms with Crippen molar-refractivity contribution in [3.05, 3.63) is 23.8 Å². The monoisotopic (exact) mass is 323 g/mol. The van der Waals surface area contributed by atoms with Gasteiger partial charge in [-0.2, -0.15) is 0 Å². The molecule has 1 aromatic rings. The van der Waals surface area contributed by atoms with Crippen molar-refractivity contribution in [1.29, 1.82) is 0 Å². The third-order valence-electron chi connectivity index (χ3n) is 3.29. The van der Waals surface area contributed by atoms with Crippen molar-refractivity contribution in [2.75, 3.05) is 33.4 Å². The minimum Gasteiger partial charge on any atom is -0.496 e. The highest BCUT2D eigenvalue weighted by Crippen LogP contribution is 2.26. The van der Waals surface area contributed by atoms with Crippen LogP contribution in [0.1, 0.15) is 5.56 Å². The molecule has 0 amide bonds. The summed E-state index contributed by atoms with van der Waals surface area (Å²) in [5, 5.41) is 0. The van der Waals surface area contributed by atoms with E-state index in [4.69, 9.17) is 14.2 Å². The minimum atomic E-state index is -1.38. The number of methoxy groups -OCH3 is 1. The summed E-state index contributed by atoms with van der Waals surface area (Å²) in [6.45, 7) is 3.59. The first-order chi connectivity index (χ1) is 11.1. The van der Waals surface area contributed by atoms with E-state index in [1.165, 1.54) is 13.2 Å². The Morgan fingerprint density at radius 3 is 2.65 bits per heavy atom. The molecule has 1 aliphatic heterocycles. The number of morpholine rings is 1. The maximum absolute atomic E-state index is 11.4. The van der Waals surface area contributed by atoms with E-state index < -0.39 is 11.9 Å². The molecule has 8 heteroatoms. The van der Waals surface area contributed by atoms with E-state index in [0.29, 0.717) is 25.5 Å². The average molecular weight is 323 g/mol. The van der Waals surface area contributed by atoms with Gasteiger partial charge in [-0.15, -0.1) is 0 Å². The maximum atomic E-state index is 11.4. The molecule has 0 unspecified atom stereocenters. The van der Waals surface area contributed by atoms with Gasteiger partial charge >= 0.3 is 18.4 Å². The second-order valence-corrected chi connectivity index (χ2v) is 4.75. The van der Waals surface area contributed by atoms with E-state index in [2.05, 4.69) is 9.64 Å². The first-order valence-electron chi connectivity index (χ1n) is 6.97. The zero-order valence-electron chi connectivity index (χ0n) is 12.6. The number of hydrogen-bond acceptors (Lipinski definition) is 8. The summed E-state index contributed by atoms with van der Waals surface area (Å²) in [6.07, 6.45) is 0. The normalized spacial score (nSPS) is 14.8. The van der Waals surface area contributed by atoms with Crippen LogP contribution in [-0.2, 0) is 30.4 Å². The van der Waals surface area contributed by atoms with Crippen LogP contribution in [0.3, 0.4) is 0 Å². The Labute approximate surface area is 132 Å². The van der Waals surface area contributed by atoms with Crippen LogP contribution >= 0.6 is 0 Å². The Balaban J connectivity index is 2.04. The van der Waals surface area contributed by atoms with Gasteiger partial charge in [-0.25, -0.2) is 9.59 Å². The van der Waals surface area contributed by atoms with Crippen LogP contribution in [0, 0.1) is 0 Å². The van der Waals surface area contributed by atoms with Gasteiger partial charge in [0.15, 0.2) is 0 Å². The second kappa shape index (κ2) is 8.25. The molecule has 1 fully saturated rings. The van der Waals surface area contributed by atoms with Gasteiger partial charge < -0.3 is 18.9 Å². The van der Waals surface area contributed by atoms with Gasteiger partial charge in [-0.3, -0.25) is 9.69 Å². The van der Waals surface area contributed by atoms with E-state index in [-0.39, 0.29) is 12.2 Å². The number of ether oxygens (including phenoxy) is 4. The quantitative estimate of drug-likeness (QED) is 0.248. The highest BCUT2D eigenvalue weighted by molar-refractivity contribution is 6.31. The molecule has 1 aromatic carbocycles. The number of nitrogens with zero attached hydrogens (tertiary/aromatic N) is 1. The van der Waals surface area contributed by atoms with Crippen molar-refractivity contribution < 1.29 is 33.3 Å². The molecule has 0 aliphatic carbocycles. The van der Waals surface area contributed by atoms with Crippen molar-refractivity contribution in [1.82, 2.24) is 4.90 Å². The SMILES string of the molecule is COc1cc(OC(=O)C(=O)OC=O)ccc1CN1CCOCC1. The highest BCUT2D eigenvalue weighted by Gasteiger charge is 2.19. The van der Waals surface area contributed by atoms with Crippen LogP contribution in [0.5, 0.6) is 11.5 Å². The smallest absolute Gasteiger partial charge is 0.425 e. The van der Waals surface area contributed by atoms with E-state index in [9.17, 15) is 14.4 Å². The van der Waals surface area contributed by atoms with Crippen molar-refractivity contribution in [3.63, 3.8) is 0 Å². The highest BCUT2D eigenvalue weighted by atomic mass is 16.6. The standard InChI is InChI=1S/C15H17NO7/c1-20-13-8-12(23-15(19)14(18)22-10-17)3-2-11(13)9-16-4-6-21-7-5-16/h2-3,8,10H,4-7,9H2,1H3. The lowest BCUT2D eigenvalue weighted by atomic mass is 10.1. The second-order valence-electron chi connectivity index (χ2n) is 4.75. The number of benzene rings is 1. The van der Waals surface area contributed by atoms with Crippen LogP contribution in [0.2, 0.25) is 0 Å². The van der Waals surface area contributed by atoms with Crippen LogP contribution < -0.4 is 9.47 Å². The summed E-state index contributed by atoms with van der Waals surface area (Å²) < 4.78 is 19.3. The topological polar surface area (TPSA) is 91.4 Å². The van der Waals surface area contributed by atoms with E-state index in [1.807, 2.05) is 0 Å². The number of hydrogen-bond donors (Lipinski definition) is 0. The molecule has 1 heterocycles. The fraction of sp³-hybridized carbons (Fsp3) is 0.400. The molecule has 0 saturated carbocycles. The van der Waals surface area contributed by atoms with Crippen LogP contribution in [0.4, 0.5) is 0 Å². The summed E-state index contributed by atoms with van der Waals surface area (Å²) in [5.74, 6) is -2.00. The Morgan fingerprint density at radius 1 is 1.26 bits per heavy atom. The average Bonchev–Trinajstić information content (AvgIpc) is 2.57. The molecule has 8 nitrogen and oxygen atoms in total. The molecule has 23 heavy (non-hydrogen) atoms. The van der Waals surface area contributed by atoms with Crippen LogP contribution in [0.25, 0.3) is 0 Å². The third-order valence-corrected chi connectivity index (χ3v) is 3.29. The molecule has 0 atom stereocenters. The summed E-state index contributed by atoms with van der Waals surface area (Å²) in [5.41, 5.74) is 0.921. The predicted octanol–water partition coefficient (Wildman–Crippen LogP) is 0.132. The molecule has 2 rings (SSSR count). The molecular weight excluding hydrogens is 306 g/mol. The van der Waals surface area contributed by atoms with Crippen LogP contribution in [-0.4, -0.2) is 56.7 Å². The molecule has 0 aromatic heterocycles. The zero-order chi connectivity index (χ0) is 16.7.